The van der Waals surface area contributed by atoms with Gasteiger partial charge in [-0.3, -0.25) is 0 Å². The van der Waals surface area contributed by atoms with Crippen molar-refractivity contribution in [2.24, 2.45) is 0 Å². The highest BCUT2D eigenvalue weighted by atomic mass is 16.3. The van der Waals surface area contributed by atoms with Crippen molar-refractivity contribution < 1.29 is 5.11 Å². The lowest BCUT2D eigenvalue weighted by molar-refractivity contribution is 0.145. The van der Waals surface area contributed by atoms with Crippen molar-refractivity contribution in [2.75, 3.05) is 12.4 Å². The van der Waals surface area contributed by atoms with E-state index >= 15 is 0 Å². The summed E-state index contributed by atoms with van der Waals surface area (Å²) in [6, 6.07) is 0. The molecular weight excluding hydrogens is 244 g/mol. The van der Waals surface area contributed by atoms with Gasteiger partial charge >= 0.3 is 0 Å². The van der Waals surface area contributed by atoms with Crippen LogP contribution in [0.1, 0.15) is 19.2 Å². The zero-order chi connectivity index (χ0) is 13.8. The van der Waals surface area contributed by atoms with Crippen LogP contribution < -0.4 is 5.32 Å². The predicted octanol–water partition coefficient (Wildman–Crippen LogP) is 0.856. The number of aliphatic hydroxyl groups is 1. The van der Waals surface area contributed by atoms with Crippen LogP contribution >= 0.6 is 0 Å². The molecular formula is C12H18N6O. The van der Waals surface area contributed by atoms with Crippen molar-refractivity contribution >= 4 is 5.95 Å². The highest BCUT2D eigenvalue weighted by Gasteiger charge is 2.13. The summed E-state index contributed by atoms with van der Waals surface area (Å²) in [5.74, 6) is 1.89. The molecule has 102 valence electrons. The van der Waals surface area contributed by atoms with Gasteiger partial charge in [0.15, 0.2) is 5.82 Å². The predicted molar refractivity (Wildman–Crippen MR) is 71.6 cm³/mol. The second kappa shape index (κ2) is 5.75. The number of rotatable bonds is 5. The first kappa shape index (κ1) is 13.4. The maximum Gasteiger partial charge on any atom is 0.222 e. The van der Waals surface area contributed by atoms with E-state index in [0.29, 0.717) is 30.6 Å². The van der Waals surface area contributed by atoms with Crippen LogP contribution in [0.3, 0.4) is 0 Å². The summed E-state index contributed by atoms with van der Waals surface area (Å²) < 4.78 is 1.70. The van der Waals surface area contributed by atoms with Gasteiger partial charge in [-0.2, -0.15) is 5.10 Å². The fourth-order valence-electron chi connectivity index (χ4n) is 1.70. The minimum atomic E-state index is -0.433. The van der Waals surface area contributed by atoms with Gasteiger partial charge in [0.1, 0.15) is 5.82 Å². The Bertz CT molecular complexity index is 536. The molecule has 2 heterocycles. The van der Waals surface area contributed by atoms with Gasteiger partial charge in [0.2, 0.25) is 5.95 Å². The van der Waals surface area contributed by atoms with Crippen LogP contribution in [-0.4, -0.2) is 43.0 Å². The van der Waals surface area contributed by atoms with Crippen LogP contribution in [0.4, 0.5) is 5.95 Å². The van der Waals surface area contributed by atoms with E-state index in [2.05, 4.69) is 25.4 Å². The number of aliphatic hydroxyl groups excluding tert-OH is 1. The van der Waals surface area contributed by atoms with Crippen molar-refractivity contribution in [1.82, 2.24) is 24.7 Å². The smallest absolute Gasteiger partial charge is 0.222 e. The Balaban J connectivity index is 2.32. The topological polar surface area (TPSA) is 88.8 Å². The van der Waals surface area contributed by atoms with Gasteiger partial charge in [-0.1, -0.05) is 6.92 Å². The van der Waals surface area contributed by atoms with Crippen molar-refractivity contribution in [2.45, 2.75) is 32.9 Å². The van der Waals surface area contributed by atoms with E-state index in [9.17, 15) is 5.11 Å². The summed E-state index contributed by atoms with van der Waals surface area (Å²) in [7, 11) is 1.76. The van der Waals surface area contributed by atoms with Crippen molar-refractivity contribution in [3.8, 4) is 11.4 Å². The molecule has 0 fully saturated rings. The third kappa shape index (κ3) is 3.05. The number of aromatic nitrogens is 5. The quantitative estimate of drug-likeness (QED) is 0.830. The van der Waals surface area contributed by atoms with E-state index in [-0.39, 0.29) is 0 Å². The summed E-state index contributed by atoms with van der Waals surface area (Å²) >= 11 is 0. The fourth-order valence-corrected chi connectivity index (χ4v) is 1.70. The van der Waals surface area contributed by atoms with Gasteiger partial charge < -0.3 is 10.4 Å². The maximum absolute atomic E-state index is 9.74. The number of hydrogen-bond acceptors (Lipinski definition) is 6. The molecule has 7 nitrogen and oxygen atoms in total. The lowest BCUT2D eigenvalue weighted by atomic mass is 10.2. The van der Waals surface area contributed by atoms with E-state index < -0.39 is 6.10 Å². The fraction of sp³-hybridized carbons (Fsp3) is 0.500. The Morgan fingerprint density at radius 2 is 2.05 bits per heavy atom. The molecule has 0 spiro atoms. The zero-order valence-corrected chi connectivity index (χ0v) is 11.3. The molecule has 2 aromatic heterocycles. The molecule has 0 amide bonds. The molecule has 0 bridgehead atoms. The summed E-state index contributed by atoms with van der Waals surface area (Å²) in [6.45, 7) is 4.17. The van der Waals surface area contributed by atoms with Crippen LogP contribution in [0, 0.1) is 6.92 Å². The number of nitrogens with one attached hydrogen (secondary N) is 1. The SMILES string of the molecule is CC[C@H](O)Cn1nc(C)nc1-c1cnc(NC)nc1. The Hall–Kier alpha value is -2.02. The molecule has 0 aliphatic carbocycles. The molecule has 0 radical (unpaired) electrons. The first-order valence-electron chi connectivity index (χ1n) is 6.23. The molecule has 0 aliphatic rings. The third-order valence-corrected chi connectivity index (χ3v) is 2.77. The zero-order valence-electron chi connectivity index (χ0n) is 11.3. The van der Waals surface area contributed by atoms with Gasteiger partial charge in [-0.15, -0.1) is 0 Å². The number of anilines is 1. The van der Waals surface area contributed by atoms with E-state index in [1.54, 1.807) is 24.1 Å². The van der Waals surface area contributed by atoms with Crippen molar-refractivity contribution in [3.63, 3.8) is 0 Å². The second-order valence-electron chi connectivity index (χ2n) is 4.27. The Morgan fingerprint density at radius 3 is 2.63 bits per heavy atom. The molecule has 0 aromatic carbocycles. The van der Waals surface area contributed by atoms with Gasteiger partial charge in [0.25, 0.3) is 0 Å². The minimum Gasteiger partial charge on any atom is -0.391 e. The van der Waals surface area contributed by atoms with E-state index in [1.807, 2.05) is 13.8 Å². The molecule has 1 atom stereocenters. The molecule has 0 saturated carbocycles. The molecule has 0 aliphatic heterocycles. The van der Waals surface area contributed by atoms with Crippen LogP contribution in [-0.2, 0) is 6.54 Å². The maximum atomic E-state index is 9.74. The Labute approximate surface area is 111 Å². The van der Waals surface area contributed by atoms with E-state index in [4.69, 9.17) is 0 Å². The van der Waals surface area contributed by atoms with Crippen molar-refractivity contribution in [1.29, 1.82) is 0 Å². The first-order valence-corrected chi connectivity index (χ1v) is 6.23. The normalized spacial score (nSPS) is 12.4. The van der Waals surface area contributed by atoms with Crippen LogP contribution in [0.2, 0.25) is 0 Å². The Kier molecular flexibility index (Phi) is 4.06. The van der Waals surface area contributed by atoms with Crippen LogP contribution in [0.5, 0.6) is 0 Å². The lowest BCUT2D eigenvalue weighted by Crippen LogP contribution is -2.16. The monoisotopic (exact) mass is 262 g/mol. The lowest BCUT2D eigenvalue weighted by Gasteiger charge is -2.10. The molecule has 0 unspecified atom stereocenters. The highest BCUT2D eigenvalue weighted by molar-refractivity contribution is 5.53. The Morgan fingerprint density at radius 1 is 1.37 bits per heavy atom. The summed E-state index contributed by atoms with van der Waals surface area (Å²) in [5, 5.41) is 16.9. The average molecular weight is 262 g/mol. The molecule has 2 aromatic rings. The second-order valence-corrected chi connectivity index (χ2v) is 4.27. The van der Waals surface area contributed by atoms with Gasteiger partial charge in [0.05, 0.1) is 18.2 Å². The van der Waals surface area contributed by atoms with E-state index in [1.165, 1.54) is 0 Å². The molecule has 2 rings (SSSR count). The van der Waals surface area contributed by atoms with Crippen LogP contribution in [0.15, 0.2) is 12.4 Å². The number of hydrogen-bond donors (Lipinski definition) is 2. The number of nitrogens with zero attached hydrogens (tertiary/aromatic N) is 5. The average Bonchev–Trinajstić information content (AvgIpc) is 2.79. The highest BCUT2D eigenvalue weighted by Crippen LogP contribution is 2.16. The van der Waals surface area contributed by atoms with Crippen molar-refractivity contribution in [3.05, 3.63) is 18.2 Å². The molecule has 7 heteroatoms. The number of aryl methyl sites for hydroxylation is 1. The third-order valence-electron chi connectivity index (χ3n) is 2.77. The van der Waals surface area contributed by atoms with Crippen LogP contribution in [0.25, 0.3) is 11.4 Å². The van der Waals surface area contributed by atoms with Gasteiger partial charge in [0, 0.05) is 19.4 Å². The summed E-state index contributed by atoms with van der Waals surface area (Å²) in [4.78, 5) is 12.7. The standard InChI is InChI=1S/C12H18N6O/c1-4-10(19)7-18-11(16-8(2)17-18)9-5-14-12(13-3)15-6-9/h5-6,10,19H,4,7H2,1-3H3,(H,13,14,15)/t10-/m0/s1. The summed E-state index contributed by atoms with van der Waals surface area (Å²) in [6.07, 6.45) is 3.62. The van der Waals surface area contributed by atoms with E-state index in [0.717, 1.165) is 5.56 Å². The van der Waals surface area contributed by atoms with Gasteiger partial charge in [-0.25, -0.2) is 19.6 Å². The largest absolute Gasteiger partial charge is 0.391 e. The molecule has 19 heavy (non-hydrogen) atoms. The van der Waals surface area contributed by atoms with Gasteiger partial charge in [-0.05, 0) is 13.3 Å². The molecule has 0 saturated heterocycles. The first-order chi connectivity index (χ1) is 9.13. The molecule has 2 N–H and O–H groups in total. The summed E-state index contributed by atoms with van der Waals surface area (Å²) in [5.41, 5.74) is 0.780. The minimum absolute atomic E-state index is 0.417.